The van der Waals surface area contributed by atoms with Crippen LogP contribution in [0.25, 0.3) is 0 Å². The standard InChI is InChI=1S/C11H7BrClFN2O/c12-6-1-2-8(14)10(3-6)17-11-9(15)4-7(13)5-16-11/h1-5H,15H2. The molecular formula is C11H7BrClFN2O. The van der Waals surface area contributed by atoms with Gasteiger partial charge in [-0.2, -0.15) is 0 Å². The number of nitrogens with zero attached hydrogens (tertiary/aromatic N) is 1. The number of aromatic nitrogens is 1. The number of anilines is 1. The Bertz CT molecular complexity index is 565. The zero-order valence-corrected chi connectivity index (χ0v) is 10.8. The molecule has 2 rings (SSSR count). The van der Waals surface area contributed by atoms with Crippen molar-refractivity contribution < 1.29 is 9.13 Å². The largest absolute Gasteiger partial charge is 0.434 e. The van der Waals surface area contributed by atoms with E-state index in [9.17, 15) is 4.39 Å². The van der Waals surface area contributed by atoms with Crippen molar-refractivity contribution in [1.82, 2.24) is 4.98 Å². The number of hydrogen-bond donors (Lipinski definition) is 1. The molecule has 6 heteroatoms. The van der Waals surface area contributed by atoms with E-state index in [1.807, 2.05) is 0 Å². The molecule has 17 heavy (non-hydrogen) atoms. The van der Waals surface area contributed by atoms with Crippen LogP contribution in [-0.4, -0.2) is 4.98 Å². The number of benzene rings is 1. The van der Waals surface area contributed by atoms with Gasteiger partial charge in [-0.3, -0.25) is 0 Å². The number of halogens is 3. The zero-order chi connectivity index (χ0) is 12.4. The third kappa shape index (κ3) is 2.87. The highest BCUT2D eigenvalue weighted by molar-refractivity contribution is 9.10. The van der Waals surface area contributed by atoms with E-state index in [-0.39, 0.29) is 17.3 Å². The normalized spacial score (nSPS) is 10.3. The van der Waals surface area contributed by atoms with Gasteiger partial charge >= 0.3 is 0 Å². The van der Waals surface area contributed by atoms with Crippen molar-refractivity contribution in [1.29, 1.82) is 0 Å². The molecule has 88 valence electrons. The van der Waals surface area contributed by atoms with Gasteiger partial charge in [0.15, 0.2) is 11.6 Å². The summed E-state index contributed by atoms with van der Waals surface area (Å²) in [6.45, 7) is 0. The Hall–Kier alpha value is -1.33. The van der Waals surface area contributed by atoms with Crippen LogP contribution in [0.4, 0.5) is 10.1 Å². The second kappa shape index (κ2) is 4.89. The van der Waals surface area contributed by atoms with Gasteiger partial charge in [0.1, 0.15) is 0 Å². The van der Waals surface area contributed by atoms with Crippen LogP contribution in [0.5, 0.6) is 11.6 Å². The molecule has 1 heterocycles. The maximum atomic E-state index is 13.4. The monoisotopic (exact) mass is 316 g/mol. The number of hydrogen-bond acceptors (Lipinski definition) is 3. The molecule has 0 aliphatic heterocycles. The SMILES string of the molecule is Nc1cc(Cl)cnc1Oc1cc(Br)ccc1F. The Morgan fingerprint density at radius 3 is 2.82 bits per heavy atom. The van der Waals surface area contributed by atoms with E-state index in [4.69, 9.17) is 22.1 Å². The number of ether oxygens (including phenoxy) is 1. The zero-order valence-electron chi connectivity index (χ0n) is 8.45. The minimum Gasteiger partial charge on any atom is -0.434 e. The van der Waals surface area contributed by atoms with Crippen LogP contribution in [0.15, 0.2) is 34.9 Å². The Kier molecular flexibility index (Phi) is 3.49. The van der Waals surface area contributed by atoms with Crippen LogP contribution in [0.1, 0.15) is 0 Å². The highest BCUT2D eigenvalue weighted by atomic mass is 79.9. The average Bonchev–Trinajstić information content (AvgIpc) is 2.27. The van der Waals surface area contributed by atoms with Crippen molar-refractivity contribution in [3.8, 4) is 11.6 Å². The molecule has 0 spiro atoms. The lowest BCUT2D eigenvalue weighted by atomic mass is 10.3. The summed E-state index contributed by atoms with van der Waals surface area (Å²) in [5.74, 6) is -0.336. The van der Waals surface area contributed by atoms with Crippen LogP contribution in [0.2, 0.25) is 5.02 Å². The second-order valence-electron chi connectivity index (χ2n) is 3.22. The van der Waals surface area contributed by atoms with Crippen LogP contribution in [0, 0.1) is 5.82 Å². The first kappa shape index (κ1) is 12.1. The van der Waals surface area contributed by atoms with Crippen molar-refractivity contribution >= 4 is 33.2 Å². The van der Waals surface area contributed by atoms with E-state index in [0.717, 1.165) is 0 Å². The lowest BCUT2D eigenvalue weighted by Crippen LogP contribution is -1.96. The molecule has 2 N–H and O–H groups in total. The van der Waals surface area contributed by atoms with Gasteiger partial charge in [-0.05, 0) is 24.3 Å². The van der Waals surface area contributed by atoms with Crippen molar-refractivity contribution in [3.63, 3.8) is 0 Å². The summed E-state index contributed by atoms with van der Waals surface area (Å²) in [6.07, 6.45) is 1.38. The predicted molar refractivity (Wildman–Crippen MR) is 67.8 cm³/mol. The lowest BCUT2D eigenvalue weighted by molar-refractivity contribution is 0.429. The van der Waals surface area contributed by atoms with Crippen molar-refractivity contribution in [3.05, 3.63) is 45.8 Å². The van der Waals surface area contributed by atoms with E-state index >= 15 is 0 Å². The van der Waals surface area contributed by atoms with Gasteiger partial charge in [0.05, 0.1) is 10.7 Å². The maximum absolute atomic E-state index is 13.4. The molecule has 0 amide bonds. The van der Waals surface area contributed by atoms with E-state index < -0.39 is 5.82 Å². The predicted octanol–water partition coefficient (Wildman–Crippen LogP) is 4.01. The van der Waals surface area contributed by atoms with Crippen molar-refractivity contribution in [2.75, 3.05) is 5.73 Å². The Morgan fingerprint density at radius 1 is 1.35 bits per heavy atom. The topological polar surface area (TPSA) is 48.1 Å². The summed E-state index contributed by atoms with van der Waals surface area (Å²) in [4.78, 5) is 3.88. The minimum absolute atomic E-state index is 0.0425. The number of nitrogen functional groups attached to an aromatic ring is 1. The van der Waals surface area contributed by atoms with Gasteiger partial charge in [0.25, 0.3) is 0 Å². The van der Waals surface area contributed by atoms with Gasteiger partial charge in [0.2, 0.25) is 5.88 Å². The van der Waals surface area contributed by atoms with Crippen molar-refractivity contribution in [2.45, 2.75) is 0 Å². The summed E-state index contributed by atoms with van der Waals surface area (Å²) in [6, 6.07) is 5.83. The first-order valence-corrected chi connectivity index (χ1v) is 5.77. The van der Waals surface area contributed by atoms with Crippen molar-refractivity contribution in [2.24, 2.45) is 0 Å². The maximum Gasteiger partial charge on any atom is 0.242 e. The first-order valence-electron chi connectivity index (χ1n) is 4.60. The molecule has 2 aromatic rings. The molecule has 1 aromatic heterocycles. The molecule has 0 aliphatic carbocycles. The highest BCUT2D eigenvalue weighted by Gasteiger charge is 2.09. The number of rotatable bonds is 2. The molecule has 0 aliphatic rings. The molecule has 0 unspecified atom stereocenters. The lowest BCUT2D eigenvalue weighted by Gasteiger charge is -2.08. The molecule has 0 saturated carbocycles. The van der Waals surface area contributed by atoms with Gasteiger partial charge in [-0.1, -0.05) is 27.5 Å². The summed E-state index contributed by atoms with van der Waals surface area (Å²) in [7, 11) is 0. The molecule has 0 atom stereocenters. The van der Waals surface area contributed by atoms with Gasteiger partial charge < -0.3 is 10.5 Å². The fourth-order valence-electron chi connectivity index (χ4n) is 1.19. The van der Waals surface area contributed by atoms with Crippen LogP contribution in [0.3, 0.4) is 0 Å². The number of nitrogens with two attached hydrogens (primary N) is 1. The minimum atomic E-state index is -0.496. The molecule has 0 radical (unpaired) electrons. The summed E-state index contributed by atoms with van der Waals surface area (Å²) in [5, 5.41) is 0.393. The fraction of sp³-hybridized carbons (Fsp3) is 0. The third-order valence-corrected chi connectivity index (χ3v) is 2.65. The molecule has 3 nitrogen and oxygen atoms in total. The average molecular weight is 318 g/mol. The van der Waals surface area contributed by atoms with E-state index in [0.29, 0.717) is 9.50 Å². The fourth-order valence-corrected chi connectivity index (χ4v) is 1.69. The number of pyridine rings is 1. The van der Waals surface area contributed by atoms with E-state index in [1.54, 1.807) is 6.07 Å². The Morgan fingerprint density at radius 2 is 2.12 bits per heavy atom. The molecule has 0 saturated heterocycles. The summed E-state index contributed by atoms with van der Waals surface area (Å²) in [5.41, 5.74) is 5.90. The molecule has 0 bridgehead atoms. The Balaban J connectivity index is 2.34. The summed E-state index contributed by atoms with van der Waals surface area (Å²) < 4.78 is 19.4. The van der Waals surface area contributed by atoms with E-state index in [2.05, 4.69) is 20.9 Å². The quantitative estimate of drug-likeness (QED) is 0.910. The van der Waals surface area contributed by atoms with E-state index in [1.165, 1.54) is 24.4 Å². The van der Waals surface area contributed by atoms with Crippen LogP contribution in [-0.2, 0) is 0 Å². The summed E-state index contributed by atoms with van der Waals surface area (Å²) >= 11 is 8.92. The Labute approximate surface area is 110 Å². The van der Waals surface area contributed by atoms with Gasteiger partial charge in [-0.25, -0.2) is 9.37 Å². The third-order valence-electron chi connectivity index (χ3n) is 1.95. The highest BCUT2D eigenvalue weighted by Crippen LogP contribution is 2.30. The second-order valence-corrected chi connectivity index (χ2v) is 4.58. The first-order chi connectivity index (χ1) is 8.06. The van der Waals surface area contributed by atoms with Crippen LogP contribution >= 0.6 is 27.5 Å². The van der Waals surface area contributed by atoms with Gasteiger partial charge in [0, 0.05) is 10.7 Å². The molecule has 0 fully saturated rings. The molecular weight excluding hydrogens is 310 g/mol. The van der Waals surface area contributed by atoms with Crippen LogP contribution < -0.4 is 10.5 Å². The molecule has 1 aromatic carbocycles. The van der Waals surface area contributed by atoms with Gasteiger partial charge in [-0.15, -0.1) is 0 Å². The smallest absolute Gasteiger partial charge is 0.242 e.